The molecule has 8 nitrogen and oxygen atoms in total. The molecule has 0 radical (unpaired) electrons. The van der Waals surface area contributed by atoms with Crippen molar-refractivity contribution in [1.29, 1.82) is 0 Å². The number of rotatable bonds is 1. The van der Waals surface area contributed by atoms with Crippen LogP contribution in [0, 0.1) is 0 Å². The molecule has 1 aliphatic heterocycles. The quantitative estimate of drug-likeness (QED) is 0.213. The van der Waals surface area contributed by atoms with Gasteiger partial charge in [0.15, 0.2) is 5.96 Å². The monoisotopic (exact) mass is 212 g/mol. The van der Waals surface area contributed by atoms with Crippen LogP contribution in [-0.4, -0.2) is 29.8 Å². The van der Waals surface area contributed by atoms with Gasteiger partial charge in [-0.05, 0) is 6.42 Å². The number of hydrogen-bond acceptors (Lipinski definition) is 3. The first-order chi connectivity index (χ1) is 6.99. The molecule has 1 fully saturated rings. The second-order valence-electron chi connectivity index (χ2n) is 2.99. The molecule has 82 valence electrons. The van der Waals surface area contributed by atoms with Crippen LogP contribution in [-0.2, 0) is 9.59 Å². The fourth-order valence-electron chi connectivity index (χ4n) is 1.13. The minimum atomic E-state index is -0.703. The minimum Gasteiger partial charge on any atom is -0.370 e. The Labute approximate surface area is 85.6 Å². The highest BCUT2D eigenvalue weighted by atomic mass is 16.2. The van der Waals surface area contributed by atoms with Gasteiger partial charge in [-0.25, -0.2) is 4.99 Å². The maximum atomic E-state index is 11.2. The molecule has 8 heteroatoms. The van der Waals surface area contributed by atoms with Crippen LogP contribution in [0.4, 0.5) is 0 Å². The predicted octanol–water partition coefficient (Wildman–Crippen LogP) is -2.62. The van der Waals surface area contributed by atoms with E-state index in [0.717, 1.165) is 0 Å². The fourth-order valence-corrected chi connectivity index (χ4v) is 1.13. The molecule has 2 amide bonds. The molecule has 1 heterocycles. The summed E-state index contributed by atoms with van der Waals surface area (Å²) in [5.74, 6) is -1.21. The van der Waals surface area contributed by atoms with E-state index in [1.807, 2.05) is 0 Å². The van der Waals surface area contributed by atoms with Crippen LogP contribution in [0.1, 0.15) is 12.8 Å². The summed E-state index contributed by atoms with van der Waals surface area (Å²) in [6.07, 6.45) is 0.542. The van der Waals surface area contributed by atoms with Crippen molar-refractivity contribution in [2.24, 2.45) is 27.2 Å². The van der Waals surface area contributed by atoms with Gasteiger partial charge >= 0.3 is 0 Å². The van der Waals surface area contributed by atoms with Crippen LogP contribution >= 0.6 is 0 Å². The summed E-state index contributed by atoms with van der Waals surface area (Å²) in [7, 11) is 0. The summed E-state index contributed by atoms with van der Waals surface area (Å²) < 4.78 is 0. The SMILES string of the molecule is NC(N)=NC(N)=NC1CCC(=O)NC1=O. The number of guanidine groups is 2. The Balaban J connectivity index is 2.69. The molecule has 1 saturated heterocycles. The van der Waals surface area contributed by atoms with E-state index < -0.39 is 11.9 Å². The molecular formula is C7H12N6O2. The molecule has 1 rings (SSSR count). The van der Waals surface area contributed by atoms with Crippen LogP contribution in [0.3, 0.4) is 0 Å². The predicted molar refractivity (Wildman–Crippen MR) is 53.6 cm³/mol. The maximum absolute atomic E-state index is 11.2. The van der Waals surface area contributed by atoms with Crippen LogP contribution in [0.15, 0.2) is 9.98 Å². The number of carbonyl (C=O) groups is 2. The van der Waals surface area contributed by atoms with Crippen LogP contribution in [0.5, 0.6) is 0 Å². The van der Waals surface area contributed by atoms with Gasteiger partial charge in [-0.15, -0.1) is 0 Å². The van der Waals surface area contributed by atoms with Gasteiger partial charge in [-0.3, -0.25) is 14.9 Å². The third kappa shape index (κ3) is 3.25. The summed E-state index contributed by atoms with van der Waals surface area (Å²) in [6, 6.07) is -0.703. The van der Waals surface area contributed by atoms with Crippen molar-refractivity contribution in [3.8, 4) is 0 Å². The number of nitrogens with zero attached hydrogens (tertiary/aromatic N) is 2. The summed E-state index contributed by atoms with van der Waals surface area (Å²) in [5, 5.41) is 2.14. The number of aliphatic imine (C=N–C) groups is 2. The van der Waals surface area contributed by atoms with E-state index in [2.05, 4.69) is 15.3 Å². The number of nitrogens with two attached hydrogens (primary N) is 3. The Morgan fingerprint density at radius 3 is 2.53 bits per heavy atom. The normalized spacial score (nSPS) is 22.1. The molecule has 7 N–H and O–H groups in total. The molecular weight excluding hydrogens is 200 g/mol. The van der Waals surface area contributed by atoms with Crippen molar-refractivity contribution in [1.82, 2.24) is 5.32 Å². The average molecular weight is 212 g/mol. The minimum absolute atomic E-state index is 0.176. The Bertz CT molecular complexity index is 343. The lowest BCUT2D eigenvalue weighted by Crippen LogP contribution is -2.43. The van der Waals surface area contributed by atoms with Gasteiger partial charge in [0.05, 0.1) is 0 Å². The first kappa shape index (κ1) is 11.0. The van der Waals surface area contributed by atoms with E-state index in [1.54, 1.807) is 0 Å². The molecule has 1 atom stereocenters. The van der Waals surface area contributed by atoms with Gasteiger partial charge in [0.2, 0.25) is 11.9 Å². The molecule has 0 aromatic rings. The number of nitrogens with one attached hydrogen (secondary N) is 1. The largest absolute Gasteiger partial charge is 0.370 e. The van der Waals surface area contributed by atoms with Gasteiger partial charge in [0.25, 0.3) is 5.91 Å². The summed E-state index contributed by atoms with van der Waals surface area (Å²) >= 11 is 0. The average Bonchev–Trinajstić information content (AvgIpc) is 2.08. The van der Waals surface area contributed by atoms with Crippen LogP contribution in [0.2, 0.25) is 0 Å². The van der Waals surface area contributed by atoms with Gasteiger partial charge in [-0.2, -0.15) is 4.99 Å². The number of amides is 2. The highest BCUT2D eigenvalue weighted by molar-refractivity contribution is 6.01. The van der Waals surface area contributed by atoms with E-state index in [9.17, 15) is 9.59 Å². The van der Waals surface area contributed by atoms with Crippen molar-refractivity contribution in [2.75, 3.05) is 0 Å². The van der Waals surface area contributed by atoms with Crippen LogP contribution < -0.4 is 22.5 Å². The van der Waals surface area contributed by atoms with Crippen molar-refractivity contribution in [3.63, 3.8) is 0 Å². The van der Waals surface area contributed by atoms with Crippen molar-refractivity contribution in [3.05, 3.63) is 0 Å². The zero-order valence-corrected chi connectivity index (χ0v) is 7.93. The molecule has 1 aliphatic rings. The molecule has 0 aliphatic carbocycles. The topological polar surface area (TPSA) is 149 Å². The Morgan fingerprint density at radius 2 is 2.00 bits per heavy atom. The van der Waals surface area contributed by atoms with Gasteiger partial charge in [0.1, 0.15) is 6.04 Å². The third-order valence-corrected chi connectivity index (χ3v) is 1.74. The van der Waals surface area contributed by atoms with E-state index in [1.165, 1.54) is 0 Å². The molecule has 0 aromatic heterocycles. The van der Waals surface area contributed by atoms with Crippen molar-refractivity contribution >= 4 is 23.7 Å². The lowest BCUT2D eigenvalue weighted by molar-refractivity contribution is -0.133. The summed E-state index contributed by atoms with van der Waals surface area (Å²) in [5.41, 5.74) is 15.5. The van der Waals surface area contributed by atoms with Gasteiger partial charge < -0.3 is 17.2 Å². The summed E-state index contributed by atoms with van der Waals surface area (Å²) in [6.45, 7) is 0. The second-order valence-corrected chi connectivity index (χ2v) is 2.99. The summed E-state index contributed by atoms with van der Waals surface area (Å²) in [4.78, 5) is 29.3. The van der Waals surface area contributed by atoms with Gasteiger partial charge in [-0.1, -0.05) is 0 Å². The molecule has 0 spiro atoms. The highest BCUT2D eigenvalue weighted by Gasteiger charge is 2.26. The Hall–Kier alpha value is -2.12. The standard InChI is InChI=1S/C7H12N6O2/c8-6(9)13-7(10)11-3-1-2-4(14)12-5(3)15/h3H,1-2H2,(H,12,14,15)(H6,8,9,10,11,13). The number of carbonyl (C=O) groups excluding carboxylic acids is 2. The zero-order valence-electron chi connectivity index (χ0n) is 7.93. The smallest absolute Gasteiger partial charge is 0.251 e. The zero-order chi connectivity index (χ0) is 11.4. The van der Waals surface area contributed by atoms with E-state index >= 15 is 0 Å². The fraction of sp³-hybridized carbons (Fsp3) is 0.429. The second kappa shape index (κ2) is 4.40. The molecule has 0 bridgehead atoms. The molecule has 0 saturated carbocycles. The van der Waals surface area contributed by atoms with E-state index in [0.29, 0.717) is 6.42 Å². The van der Waals surface area contributed by atoms with Crippen molar-refractivity contribution in [2.45, 2.75) is 18.9 Å². The van der Waals surface area contributed by atoms with E-state index in [4.69, 9.17) is 17.2 Å². The van der Waals surface area contributed by atoms with Gasteiger partial charge in [0, 0.05) is 6.42 Å². The van der Waals surface area contributed by atoms with Crippen LogP contribution in [0.25, 0.3) is 0 Å². The maximum Gasteiger partial charge on any atom is 0.251 e. The first-order valence-corrected chi connectivity index (χ1v) is 4.25. The Kier molecular flexibility index (Phi) is 3.21. The molecule has 0 aromatic carbocycles. The lowest BCUT2D eigenvalue weighted by Gasteiger charge is -2.16. The number of hydrogen-bond donors (Lipinski definition) is 4. The number of imide groups is 1. The molecule has 1 unspecified atom stereocenters. The Morgan fingerprint density at radius 1 is 1.33 bits per heavy atom. The first-order valence-electron chi connectivity index (χ1n) is 4.25. The molecule has 15 heavy (non-hydrogen) atoms. The van der Waals surface area contributed by atoms with E-state index in [-0.39, 0.29) is 24.2 Å². The highest BCUT2D eigenvalue weighted by Crippen LogP contribution is 2.07. The van der Waals surface area contributed by atoms with Crippen molar-refractivity contribution < 1.29 is 9.59 Å². The lowest BCUT2D eigenvalue weighted by atomic mass is 10.1. The number of piperidine rings is 1. The third-order valence-electron chi connectivity index (χ3n) is 1.74.